The van der Waals surface area contributed by atoms with Crippen LogP contribution in [0.2, 0.25) is 0 Å². The van der Waals surface area contributed by atoms with Crippen LogP contribution in [0.1, 0.15) is 65.7 Å². The molecule has 1 aliphatic heterocycles. The second-order valence-corrected chi connectivity index (χ2v) is 7.10. The summed E-state index contributed by atoms with van der Waals surface area (Å²) in [4.78, 5) is 2.42. The molecule has 2 rings (SSSR count). The van der Waals surface area contributed by atoms with Crippen LogP contribution in [-0.4, -0.2) is 18.7 Å². The first-order valence-electron chi connectivity index (χ1n) is 8.86. The van der Waals surface area contributed by atoms with Crippen LogP contribution in [0.4, 0.5) is 11.4 Å². The van der Waals surface area contributed by atoms with E-state index in [4.69, 9.17) is 10.5 Å². The summed E-state index contributed by atoms with van der Waals surface area (Å²) in [5, 5.41) is 0. The SMILES string of the molecule is CCCCCCCCCN1CC(C)(C)Oc2cccc(N)c21. The smallest absolute Gasteiger partial charge is 0.145 e. The van der Waals surface area contributed by atoms with Crippen molar-refractivity contribution < 1.29 is 4.74 Å². The highest BCUT2D eigenvalue weighted by Gasteiger charge is 2.32. The molecule has 3 heteroatoms. The van der Waals surface area contributed by atoms with Gasteiger partial charge in [0.25, 0.3) is 0 Å². The lowest BCUT2D eigenvalue weighted by Gasteiger charge is -2.41. The van der Waals surface area contributed by atoms with Gasteiger partial charge in [0, 0.05) is 6.54 Å². The van der Waals surface area contributed by atoms with Gasteiger partial charge in [0.15, 0.2) is 0 Å². The maximum atomic E-state index is 6.18. The van der Waals surface area contributed by atoms with E-state index in [-0.39, 0.29) is 5.60 Å². The van der Waals surface area contributed by atoms with E-state index in [2.05, 4.69) is 25.7 Å². The van der Waals surface area contributed by atoms with Crippen molar-refractivity contribution in [3.63, 3.8) is 0 Å². The van der Waals surface area contributed by atoms with Gasteiger partial charge in [-0.05, 0) is 32.4 Å². The van der Waals surface area contributed by atoms with Crippen molar-refractivity contribution in [1.82, 2.24) is 0 Å². The lowest BCUT2D eigenvalue weighted by Crippen LogP contribution is -2.47. The number of nitrogens with zero attached hydrogens (tertiary/aromatic N) is 1. The van der Waals surface area contributed by atoms with Gasteiger partial charge in [-0.25, -0.2) is 0 Å². The number of anilines is 2. The normalized spacial score (nSPS) is 16.2. The molecular weight excluding hydrogens is 272 g/mol. The van der Waals surface area contributed by atoms with E-state index < -0.39 is 0 Å². The molecule has 22 heavy (non-hydrogen) atoms. The number of ether oxygens (including phenoxy) is 1. The summed E-state index contributed by atoms with van der Waals surface area (Å²) >= 11 is 0. The molecule has 0 atom stereocenters. The molecule has 0 fully saturated rings. The number of rotatable bonds is 8. The van der Waals surface area contributed by atoms with Crippen molar-refractivity contribution in [2.75, 3.05) is 23.7 Å². The Balaban J connectivity index is 1.88. The van der Waals surface area contributed by atoms with E-state index in [1.165, 1.54) is 44.9 Å². The number of nitrogens with two attached hydrogens (primary N) is 1. The fraction of sp³-hybridized carbons (Fsp3) is 0.684. The number of unbranched alkanes of at least 4 members (excludes halogenated alkanes) is 6. The van der Waals surface area contributed by atoms with E-state index in [1.54, 1.807) is 0 Å². The first-order valence-corrected chi connectivity index (χ1v) is 8.86. The molecule has 1 aromatic rings. The molecule has 0 aliphatic carbocycles. The molecule has 124 valence electrons. The first-order chi connectivity index (χ1) is 10.5. The van der Waals surface area contributed by atoms with Crippen LogP contribution < -0.4 is 15.4 Å². The number of hydrogen-bond acceptors (Lipinski definition) is 3. The van der Waals surface area contributed by atoms with E-state index in [0.29, 0.717) is 0 Å². The predicted molar refractivity (Wildman–Crippen MR) is 95.8 cm³/mol. The van der Waals surface area contributed by atoms with Gasteiger partial charge in [-0.2, -0.15) is 0 Å². The zero-order chi connectivity index (χ0) is 16.0. The zero-order valence-corrected chi connectivity index (χ0v) is 14.5. The number of benzene rings is 1. The highest BCUT2D eigenvalue weighted by Crippen LogP contribution is 2.41. The van der Waals surface area contributed by atoms with Gasteiger partial charge in [-0.3, -0.25) is 0 Å². The molecule has 0 aromatic heterocycles. The molecule has 0 amide bonds. The number of nitrogen functional groups attached to an aromatic ring is 1. The maximum absolute atomic E-state index is 6.18. The van der Waals surface area contributed by atoms with E-state index >= 15 is 0 Å². The predicted octanol–water partition coefficient (Wildman–Crippen LogP) is 5.00. The molecule has 0 unspecified atom stereocenters. The van der Waals surface area contributed by atoms with Crippen LogP contribution in [0.25, 0.3) is 0 Å². The molecule has 3 nitrogen and oxygen atoms in total. The molecule has 1 aromatic carbocycles. The quantitative estimate of drug-likeness (QED) is 0.543. The average Bonchev–Trinajstić information content (AvgIpc) is 2.44. The molecule has 1 heterocycles. The minimum atomic E-state index is -0.151. The molecule has 0 radical (unpaired) electrons. The van der Waals surface area contributed by atoms with E-state index in [9.17, 15) is 0 Å². The third-order valence-corrected chi connectivity index (χ3v) is 4.34. The van der Waals surface area contributed by atoms with Gasteiger partial charge < -0.3 is 15.4 Å². The molecule has 2 N–H and O–H groups in total. The molecule has 0 saturated heterocycles. The van der Waals surface area contributed by atoms with Crippen molar-refractivity contribution >= 4 is 11.4 Å². The van der Waals surface area contributed by atoms with Gasteiger partial charge in [0.05, 0.1) is 12.2 Å². The van der Waals surface area contributed by atoms with Crippen LogP contribution in [0.15, 0.2) is 18.2 Å². The zero-order valence-electron chi connectivity index (χ0n) is 14.5. The lowest BCUT2D eigenvalue weighted by atomic mass is 10.0. The van der Waals surface area contributed by atoms with Gasteiger partial charge in [0.2, 0.25) is 0 Å². The Morgan fingerprint density at radius 1 is 1.09 bits per heavy atom. The monoisotopic (exact) mass is 304 g/mol. The Morgan fingerprint density at radius 3 is 2.50 bits per heavy atom. The largest absolute Gasteiger partial charge is 0.484 e. The second kappa shape index (κ2) is 7.75. The van der Waals surface area contributed by atoms with Gasteiger partial charge in [-0.1, -0.05) is 51.5 Å². The van der Waals surface area contributed by atoms with Crippen molar-refractivity contribution in [2.45, 2.75) is 71.3 Å². The van der Waals surface area contributed by atoms with E-state index in [1.807, 2.05) is 18.2 Å². The highest BCUT2D eigenvalue weighted by molar-refractivity contribution is 5.76. The van der Waals surface area contributed by atoms with Gasteiger partial charge in [0.1, 0.15) is 17.0 Å². The fourth-order valence-corrected chi connectivity index (χ4v) is 3.28. The fourth-order valence-electron chi connectivity index (χ4n) is 3.28. The summed E-state index contributed by atoms with van der Waals surface area (Å²) in [6, 6.07) is 5.98. The van der Waals surface area contributed by atoms with Gasteiger partial charge >= 0.3 is 0 Å². The van der Waals surface area contributed by atoms with Crippen molar-refractivity contribution in [1.29, 1.82) is 0 Å². The summed E-state index contributed by atoms with van der Waals surface area (Å²) in [6.07, 6.45) is 9.35. The second-order valence-electron chi connectivity index (χ2n) is 7.10. The topological polar surface area (TPSA) is 38.5 Å². The first kappa shape index (κ1) is 17.0. The van der Waals surface area contributed by atoms with Crippen LogP contribution in [0, 0.1) is 0 Å². The Bertz CT molecular complexity index is 471. The van der Waals surface area contributed by atoms with Crippen LogP contribution in [0.5, 0.6) is 5.75 Å². The minimum absolute atomic E-state index is 0.151. The Hall–Kier alpha value is -1.38. The molecule has 0 bridgehead atoms. The van der Waals surface area contributed by atoms with Crippen LogP contribution >= 0.6 is 0 Å². The lowest BCUT2D eigenvalue weighted by molar-refractivity contribution is 0.105. The molecule has 0 spiro atoms. The average molecular weight is 304 g/mol. The highest BCUT2D eigenvalue weighted by atomic mass is 16.5. The Kier molecular flexibility index (Phi) is 5.98. The molecule has 0 saturated carbocycles. The van der Waals surface area contributed by atoms with Crippen molar-refractivity contribution in [3.8, 4) is 5.75 Å². The van der Waals surface area contributed by atoms with E-state index in [0.717, 1.165) is 30.2 Å². The summed E-state index contributed by atoms with van der Waals surface area (Å²) in [6.45, 7) is 8.54. The Morgan fingerprint density at radius 2 is 1.77 bits per heavy atom. The summed E-state index contributed by atoms with van der Waals surface area (Å²) < 4.78 is 6.08. The number of hydrogen-bond donors (Lipinski definition) is 1. The molecule has 1 aliphatic rings. The summed E-state index contributed by atoms with van der Waals surface area (Å²) in [7, 11) is 0. The number of fused-ring (bicyclic) bond motifs is 1. The third-order valence-electron chi connectivity index (χ3n) is 4.34. The minimum Gasteiger partial charge on any atom is -0.484 e. The molecular formula is C19H32N2O. The van der Waals surface area contributed by atoms with Crippen LogP contribution in [0.3, 0.4) is 0 Å². The third kappa shape index (κ3) is 4.56. The van der Waals surface area contributed by atoms with Crippen LogP contribution in [-0.2, 0) is 0 Å². The van der Waals surface area contributed by atoms with Gasteiger partial charge in [-0.15, -0.1) is 0 Å². The number of para-hydroxylation sites is 1. The van der Waals surface area contributed by atoms with Crippen molar-refractivity contribution in [2.24, 2.45) is 0 Å². The Labute approximate surface area is 135 Å². The summed E-state index contributed by atoms with van der Waals surface area (Å²) in [5.74, 6) is 0.930. The summed E-state index contributed by atoms with van der Waals surface area (Å²) in [5.41, 5.74) is 7.95. The standard InChI is InChI=1S/C19H32N2O/c1-4-5-6-7-8-9-10-14-21-15-19(2,3)22-17-13-11-12-16(20)18(17)21/h11-13H,4-10,14-15,20H2,1-3H3. The van der Waals surface area contributed by atoms with Crippen molar-refractivity contribution in [3.05, 3.63) is 18.2 Å². The maximum Gasteiger partial charge on any atom is 0.145 e.